The molecule has 25 heteroatoms. The number of hydrogen-bond donors (Lipinski definition) is 1. The van der Waals surface area contributed by atoms with Crippen molar-refractivity contribution in [3.63, 3.8) is 0 Å². The van der Waals surface area contributed by atoms with Crippen molar-refractivity contribution < 1.29 is 44.8 Å². The standard InChI is InChI=1S/C26H25FN6O3S.C18H20ClN5O3S.C15H18BFO2/c27-17-12-19(18-1-2-28-21(18)13-17)24-30-22-20-11-16(15-32-5-9-37(34)10-6-32)14-29-26(20)36-23(22)25(31-24)33-3-7-35-8-4-33;19-18-21-14-13-9-12(11-23-3-7-28(25)8-4-23)10-20-17(13)27-15(14)16(22-18)24-1-5-26-6-2-24;1-14(2)15(3,4)19-16(18-14)13-9-11(17)8-10-6-5-7-12(10)13/h1-2,11-14,28H,3-10,15H2;9-10H,1-8,11H2;5,7-9H,6H2,1-4H3. The third-order valence-corrected chi connectivity index (χ3v) is 19.4. The molecule has 6 aliphatic rings. The molecular formula is C59H63BClF2N11O8S2. The number of furan rings is 2. The van der Waals surface area contributed by atoms with Gasteiger partial charge in [0.2, 0.25) is 16.7 Å². The van der Waals surface area contributed by atoms with Crippen LogP contribution in [0.3, 0.4) is 0 Å². The molecule has 19 nitrogen and oxygen atoms in total. The van der Waals surface area contributed by atoms with E-state index < -0.39 is 39.9 Å². The summed E-state index contributed by atoms with van der Waals surface area (Å²) in [6.07, 6.45) is 10.3. The summed E-state index contributed by atoms with van der Waals surface area (Å²) in [5.41, 5.74) is 9.00. The van der Waals surface area contributed by atoms with Crippen LogP contribution in [0.1, 0.15) is 49.9 Å². The largest absolute Gasteiger partial charge is 0.495 e. The number of anilines is 2. The number of benzene rings is 2. The summed E-state index contributed by atoms with van der Waals surface area (Å²) in [5.74, 6) is 4.06. The van der Waals surface area contributed by atoms with Gasteiger partial charge in [-0.15, -0.1) is 0 Å². The number of nitrogens with zero attached hydrogens (tertiary/aromatic N) is 10. The average Bonchev–Trinajstić information content (AvgIpc) is 2.75. The van der Waals surface area contributed by atoms with Gasteiger partial charge in [-0.3, -0.25) is 18.2 Å². The normalized spacial score (nSPS) is 19.6. The van der Waals surface area contributed by atoms with Gasteiger partial charge in [0, 0.05) is 145 Å². The summed E-state index contributed by atoms with van der Waals surface area (Å²) < 4.78 is 86.9. The lowest BCUT2D eigenvalue weighted by Crippen LogP contribution is -2.41. The van der Waals surface area contributed by atoms with E-state index in [-0.39, 0.29) is 16.9 Å². The number of ether oxygens (including phenoxy) is 2. The number of fused-ring (bicyclic) bond motifs is 8. The lowest BCUT2D eigenvalue weighted by atomic mass is 9.75. The molecule has 0 amide bonds. The fourth-order valence-corrected chi connectivity index (χ4v) is 13.8. The van der Waals surface area contributed by atoms with Gasteiger partial charge in [0.15, 0.2) is 28.6 Å². The minimum Gasteiger partial charge on any atom is -0.432 e. The average molecular weight is 1200 g/mol. The Morgan fingerprint density at radius 2 is 1.19 bits per heavy atom. The summed E-state index contributed by atoms with van der Waals surface area (Å²) >= 11 is 6.23. The molecule has 5 fully saturated rings. The highest BCUT2D eigenvalue weighted by atomic mass is 35.5. The van der Waals surface area contributed by atoms with E-state index in [2.05, 4.69) is 56.7 Å². The highest BCUT2D eigenvalue weighted by Crippen LogP contribution is 2.40. The maximum absolute atomic E-state index is 14.6. The molecule has 1 aliphatic carbocycles. The van der Waals surface area contributed by atoms with Crippen molar-refractivity contribution in [1.82, 2.24) is 44.7 Å². The molecule has 9 aromatic rings. The Kier molecular flexibility index (Phi) is 15.9. The van der Waals surface area contributed by atoms with E-state index in [0.29, 0.717) is 113 Å². The lowest BCUT2D eigenvalue weighted by Gasteiger charge is -2.32. The summed E-state index contributed by atoms with van der Waals surface area (Å²) in [6, 6.07) is 12.1. The second-order valence-corrected chi connectivity index (χ2v) is 26.5. The topological polar surface area (TPSA) is 203 Å². The molecule has 15 rings (SSSR count). The molecule has 84 heavy (non-hydrogen) atoms. The molecule has 2 aromatic carbocycles. The van der Waals surface area contributed by atoms with Crippen molar-refractivity contribution in [2.24, 2.45) is 0 Å². The van der Waals surface area contributed by atoms with Crippen LogP contribution in [0.5, 0.6) is 0 Å². The predicted molar refractivity (Wildman–Crippen MR) is 324 cm³/mol. The van der Waals surface area contributed by atoms with Gasteiger partial charge in [-0.2, -0.15) is 4.98 Å². The SMILES string of the molecule is CC1(C)OB(c2cc(F)cc3c2C=CC3)OC1(C)C.O=S1CCN(Cc2cnc3oc4c(N5CCOCC5)nc(-c5cc(F)cc6[nH]ccc56)nc4c3c2)CC1.O=S1CCN(Cc2cnc3oc4c(N5CCOCC5)nc(Cl)nc4c3c2)CC1. The molecule has 0 radical (unpaired) electrons. The number of morpholine rings is 2. The number of aromatic amines is 1. The molecule has 438 valence electrons. The number of allylic oxidation sites excluding steroid dienone is 1. The first kappa shape index (κ1) is 56.8. The number of nitrogens with one attached hydrogen (secondary N) is 1. The van der Waals surface area contributed by atoms with Crippen LogP contribution in [0.2, 0.25) is 5.28 Å². The van der Waals surface area contributed by atoms with Crippen molar-refractivity contribution >= 4 is 119 Å². The zero-order valence-electron chi connectivity index (χ0n) is 47.1. The first-order valence-electron chi connectivity index (χ1n) is 28.3. The van der Waals surface area contributed by atoms with E-state index >= 15 is 0 Å². The van der Waals surface area contributed by atoms with Crippen LogP contribution in [-0.2, 0) is 59.9 Å². The Morgan fingerprint density at radius 1 is 0.655 bits per heavy atom. The Balaban J connectivity index is 0.000000124. The fraction of sp³-hybridized carbons (Fsp3) is 0.424. The van der Waals surface area contributed by atoms with Crippen LogP contribution in [-0.4, -0.2) is 173 Å². The Hall–Kier alpha value is -6.35. The second kappa shape index (κ2) is 23.5. The van der Waals surface area contributed by atoms with Crippen LogP contribution in [0.15, 0.2) is 76.0 Å². The summed E-state index contributed by atoms with van der Waals surface area (Å²) in [4.78, 5) is 39.7. The zero-order valence-corrected chi connectivity index (χ0v) is 49.5. The van der Waals surface area contributed by atoms with E-state index in [0.717, 1.165) is 114 Å². The molecule has 12 heterocycles. The smallest absolute Gasteiger partial charge is 0.432 e. The van der Waals surface area contributed by atoms with E-state index in [1.807, 2.05) is 58.3 Å². The summed E-state index contributed by atoms with van der Waals surface area (Å²) in [6.45, 7) is 18.0. The van der Waals surface area contributed by atoms with Crippen LogP contribution >= 0.6 is 11.6 Å². The zero-order chi connectivity index (χ0) is 57.9. The molecule has 0 saturated carbocycles. The third-order valence-electron chi connectivity index (χ3n) is 16.6. The second-order valence-electron chi connectivity index (χ2n) is 22.7. The van der Waals surface area contributed by atoms with Gasteiger partial charge in [-0.1, -0.05) is 12.2 Å². The highest BCUT2D eigenvalue weighted by Gasteiger charge is 2.52. The minimum atomic E-state index is -0.720. The van der Waals surface area contributed by atoms with Gasteiger partial charge in [0.1, 0.15) is 22.7 Å². The van der Waals surface area contributed by atoms with Gasteiger partial charge in [-0.05, 0) is 116 Å². The quantitative estimate of drug-likeness (QED) is 0.113. The first-order chi connectivity index (χ1) is 40.6. The van der Waals surface area contributed by atoms with E-state index in [4.69, 9.17) is 49.2 Å². The molecule has 1 N–H and O–H groups in total. The maximum Gasteiger partial charge on any atom is 0.495 e. The van der Waals surface area contributed by atoms with Gasteiger partial charge >= 0.3 is 7.12 Å². The molecule has 0 unspecified atom stereocenters. The van der Waals surface area contributed by atoms with E-state index in [1.165, 1.54) is 18.2 Å². The van der Waals surface area contributed by atoms with Crippen molar-refractivity contribution in [3.8, 4) is 11.4 Å². The molecule has 7 aromatic heterocycles. The van der Waals surface area contributed by atoms with Crippen molar-refractivity contribution in [3.05, 3.63) is 106 Å². The maximum atomic E-state index is 14.6. The highest BCUT2D eigenvalue weighted by molar-refractivity contribution is 7.85. The Bertz CT molecular complexity index is 4020. The predicted octanol–water partition coefficient (Wildman–Crippen LogP) is 7.98. The van der Waals surface area contributed by atoms with Crippen LogP contribution < -0.4 is 15.3 Å². The summed E-state index contributed by atoms with van der Waals surface area (Å²) in [5, 5.41) is 2.68. The van der Waals surface area contributed by atoms with Crippen molar-refractivity contribution in [2.75, 3.05) is 112 Å². The number of halogens is 3. The van der Waals surface area contributed by atoms with Crippen LogP contribution in [0.4, 0.5) is 20.4 Å². The molecule has 0 bridgehead atoms. The van der Waals surface area contributed by atoms with E-state index in [1.54, 1.807) is 12.3 Å². The first-order valence-corrected chi connectivity index (χ1v) is 31.7. The monoisotopic (exact) mass is 1200 g/mol. The van der Waals surface area contributed by atoms with Gasteiger partial charge < -0.3 is 42.4 Å². The molecular weight excluding hydrogens is 1140 g/mol. The molecule has 5 aliphatic heterocycles. The molecule has 5 saturated heterocycles. The van der Waals surface area contributed by atoms with Crippen molar-refractivity contribution in [2.45, 2.75) is 58.4 Å². The van der Waals surface area contributed by atoms with Gasteiger partial charge in [-0.25, -0.2) is 33.7 Å². The van der Waals surface area contributed by atoms with E-state index in [9.17, 15) is 17.2 Å². The van der Waals surface area contributed by atoms with Gasteiger partial charge in [0.05, 0.1) is 48.4 Å². The van der Waals surface area contributed by atoms with Crippen LogP contribution in [0.25, 0.3) is 72.8 Å². The molecule has 0 atom stereocenters. The number of rotatable bonds is 8. The fourth-order valence-electron chi connectivity index (χ4n) is 11.4. The third kappa shape index (κ3) is 11.6. The number of H-pyrrole nitrogens is 1. The minimum absolute atomic E-state index is 0.195. The lowest BCUT2D eigenvalue weighted by molar-refractivity contribution is 0.00578. The Labute approximate surface area is 493 Å². The summed E-state index contributed by atoms with van der Waals surface area (Å²) in [7, 11) is -1.90. The van der Waals surface area contributed by atoms with Crippen LogP contribution in [0, 0.1) is 11.6 Å². The number of hydrogen-bond acceptors (Lipinski definition) is 18. The Morgan fingerprint density at radius 3 is 1.76 bits per heavy atom. The van der Waals surface area contributed by atoms with Gasteiger partial charge in [0.25, 0.3) is 0 Å². The molecule has 0 spiro atoms. The van der Waals surface area contributed by atoms with Crippen molar-refractivity contribution in [1.29, 1.82) is 0 Å². The number of pyridine rings is 2. The number of aromatic nitrogens is 7.